The van der Waals surface area contributed by atoms with Gasteiger partial charge in [0.15, 0.2) is 5.96 Å². The predicted molar refractivity (Wildman–Crippen MR) is 107 cm³/mol. The number of unbranched alkanes of at least 4 members (excludes halogenated alkanes) is 1. The van der Waals surface area contributed by atoms with Crippen molar-refractivity contribution < 1.29 is 14.2 Å². The van der Waals surface area contributed by atoms with Gasteiger partial charge in [0.25, 0.3) is 0 Å². The zero-order valence-corrected chi connectivity index (χ0v) is 16.6. The predicted octanol–water partition coefficient (Wildman–Crippen LogP) is 2.63. The van der Waals surface area contributed by atoms with Crippen LogP contribution >= 0.6 is 0 Å². The fourth-order valence-electron chi connectivity index (χ4n) is 2.25. The molecular formula is C20H35N3O3. The number of aliphatic imine (C=N–C) groups is 1. The van der Waals surface area contributed by atoms with E-state index in [4.69, 9.17) is 14.2 Å². The van der Waals surface area contributed by atoms with E-state index >= 15 is 0 Å². The van der Waals surface area contributed by atoms with Gasteiger partial charge in [0.1, 0.15) is 5.75 Å². The third-order valence-corrected chi connectivity index (χ3v) is 3.73. The summed E-state index contributed by atoms with van der Waals surface area (Å²) in [5.41, 5.74) is 1.26. The lowest BCUT2D eigenvalue weighted by Crippen LogP contribution is -2.38. The average Bonchev–Trinajstić information content (AvgIpc) is 2.67. The number of rotatable bonds is 14. The van der Waals surface area contributed by atoms with Gasteiger partial charge in [-0.3, -0.25) is 4.99 Å². The molecular weight excluding hydrogens is 330 g/mol. The van der Waals surface area contributed by atoms with Crippen molar-refractivity contribution in [1.29, 1.82) is 0 Å². The summed E-state index contributed by atoms with van der Waals surface area (Å²) >= 11 is 0. The lowest BCUT2D eigenvalue weighted by atomic mass is 10.1. The molecule has 0 saturated heterocycles. The van der Waals surface area contributed by atoms with Crippen molar-refractivity contribution in [2.45, 2.75) is 33.1 Å². The lowest BCUT2D eigenvalue weighted by molar-refractivity contribution is 0.0497. The monoisotopic (exact) mass is 365 g/mol. The summed E-state index contributed by atoms with van der Waals surface area (Å²) in [7, 11) is 1.68. The van der Waals surface area contributed by atoms with Gasteiger partial charge in [0.05, 0.1) is 33.5 Å². The van der Waals surface area contributed by atoms with E-state index in [0.29, 0.717) is 26.4 Å². The number of nitrogens with one attached hydrogen (secondary N) is 2. The molecule has 0 aliphatic heterocycles. The fourth-order valence-corrected chi connectivity index (χ4v) is 2.25. The molecule has 0 amide bonds. The first-order chi connectivity index (χ1) is 12.8. The molecule has 0 fully saturated rings. The molecule has 26 heavy (non-hydrogen) atoms. The number of guanidine groups is 1. The van der Waals surface area contributed by atoms with Crippen LogP contribution in [0.2, 0.25) is 0 Å². The molecule has 6 nitrogen and oxygen atoms in total. The van der Waals surface area contributed by atoms with Crippen LogP contribution < -0.4 is 15.4 Å². The van der Waals surface area contributed by atoms with Crippen molar-refractivity contribution in [3.05, 3.63) is 29.8 Å². The number of nitrogens with zero attached hydrogens (tertiary/aromatic N) is 1. The Bertz CT molecular complexity index is 478. The standard InChI is InChI=1S/C20H35N3O3/c1-4-6-14-25-16-17-26-15-13-23-20(21-5-2)22-12-11-18-7-9-19(24-3)10-8-18/h7-10H,4-6,11-17H2,1-3H3,(H2,21,22,23). The molecule has 0 saturated carbocycles. The molecule has 0 bridgehead atoms. The van der Waals surface area contributed by atoms with Crippen LogP contribution in [0.25, 0.3) is 0 Å². The van der Waals surface area contributed by atoms with Gasteiger partial charge in [-0.2, -0.15) is 0 Å². The molecule has 1 aromatic rings. The SMILES string of the molecule is CCCCOCCOCCN=C(NCC)NCCc1ccc(OC)cc1. The largest absolute Gasteiger partial charge is 0.497 e. The van der Waals surface area contributed by atoms with E-state index < -0.39 is 0 Å². The minimum atomic E-state index is 0.603. The molecule has 0 spiro atoms. The molecule has 6 heteroatoms. The number of methoxy groups -OCH3 is 1. The molecule has 0 atom stereocenters. The molecule has 0 aliphatic rings. The van der Waals surface area contributed by atoms with Gasteiger partial charge in [-0.15, -0.1) is 0 Å². The van der Waals surface area contributed by atoms with Crippen molar-refractivity contribution in [3.8, 4) is 5.75 Å². The van der Waals surface area contributed by atoms with Gasteiger partial charge in [-0.1, -0.05) is 25.5 Å². The molecule has 0 unspecified atom stereocenters. The number of hydrogen-bond acceptors (Lipinski definition) is 4. The zero-order valence-electron chi connectivity index (χ0n) is 16.6. The second-order valence-electron chi connectivity index (χ2n) is 5.86. The second-order valence-corrected chi connectivity index (χ2v) is 5.86. The van der Waals surface area contributed by atoms with Crippen LogP contribution in [0.4, 0.5) is 0 Å². The smallest absolute Gasteiger partial charge is 0.191 e. The maximum Gasteiger partial charge on any atom is 0.191 e. The Morgan fingerprint density at radius 1 is 0.962 bits per heavy atom. The van der Waals surface area contributed by atoms with Gasteiger partial charge in [-0.05, 0) is 37.5 Å². The summed E-state index contributed by atoms with van der Waals surface area (Å²) in [6, 6.07) is 8.14. The second kappa shape index (κ2) is 15.5. The lowest BCUT2D eigenvalue weighted by Gasteiger charge is -2.11. The van der Waals surface area contributed by atoms with E-state index in [-0.39, 0.29) is 0 Å². The van der Waals surface area contributed by atoms with Gasteiger partial charge >= 0.3 is 0 Å². The Kier molecular flexibility index (Phi) is 13.2. The Morgan fingerprint density at radius 3 is 2.35 bits per heavy atom. The summed E-state index contributed by atoms with van der Waals surface area (Å²) in [5, 5.41) is 6.60. The van der Waals surface area contributed by atoms with Gasteiger partial charge in [0, 0.05) is 19.7 Å². The number of benzene rings is 1. The topological polar surface area (TPSA) is 64.1 Å². The highest BCUT2D eigenvalue weighted by atomic mass is 16.5. The maximum atomic E-state index is 5.54. The summed E-state index contributed by atoms with van der Waals surface area (Å²) in [4.78, 5) is 4.53. The molecule has 2 N–H and O–H groups in total. The molecule has 0 radical (unpaired) electrons. The van der Waals surface area contributed by atoms with Crippen molar-refractivity contribution in [2.75, 3.05) is 53.2 Å². The van der Waals surface area contributed by atoms with Crippen LogP contribution in [-0.4, -0.2) is 59.1 Å². The van der Waals surface area contributed by atoms with Gasteiger partial charge in [-0.25, -0.2) is 0 Å². The third-order valence-electron chi connectivity index (χ3n) is 3.73. The molecule has 0 heterocycles. The fraction of sp³-hybridized carbons (Fsp3) is 0.650. The summed E-state index contributed by atoms with van der Waals surface area (Å²) in [6.07, 6.45) is 3.20. The van der Waals surface area contributed by atoms with E-state index in [1.807, 2.05) is 12.1 Å². The summed E-state index contributed by atoms with van der Waals surface area (Å²) in [5.74, 6) is 1.70. The molecule has 1 aromatic carbocycles. The maximum absolute atomic E-state index is 5.54. The Balaban J connectivity index is 2.17. The minimum Gasteiger partial charge on any atom is -0.497 e. The van der Waals surface area contributed by atoms with Crippen LogP contribution in [-0.2, 0) is 15.9 Å². The Labute approximate surface area is 158 Å². The first-order valence-electron chi connectivity index (χ1n) is 9.60. The van der Waals surface area contributed by atoms with Crippen molar-refractivity contribution in [1.82, 2.24) is 10.6 Å². The van der Waals surface area contributed by atoms with Crippen LogP contribution in [0.1, 0.15) is 32.3 Å². The van der Waals surface area contributed by atoms with Crippen LogP contribution in [0.15, 0.2) is 29.3 Å². The van der Waals surface area contributed by atoms with E-state index in [9.17, 15) is 0 Å². The van der Waals surface area contributed by atoms with Crippen LogP contribution in [0.3, 0.4) is 0 Å². The molecule has 0 aliphatic carbocycles. The van der Waals surface area contributed by atoms with Crippen LogP contribution in [0, 0.1) is 0 Å². The normalized spacial score (nSPS) is 11.4. The highest BCUT2D eigenvalue weighted by molar-refractivity contribution is 5.79. The Morgan fingerprint density at radius 2 is 1.69 bits per heavy atom. The van der Waals surface area contributed by atoms with E-state index in [2.05, 4.69) is 41.6 Å². The minimum absolute atomic E-state index is 0.603. The molecule has 0 aromatic heterocycles. The van der Waals surface area contributed by atoms with Gasteiger partial charge in [0.2, 0.25) is 0 Å². The highest BCUT2D eigenvalue weighted by Crippen LogP contribution is 2.11. The summed E-state index contributed by atoms with van der Waals surface area (Å²) < 4.78 is 16.2. The third kappa shape index (κ3) is 10.9. The first kappa shape index (κ1) is 22.3. The average molecular weight is 366 g/mol. The Hall–Kier alpha value is -1.79. The van der Waals surface area contributed by atoms with Crippen molar-refractivity contribution in [3.63, 3.8) is 0 Å². The zero-order chi connectivity index (χ0) is 18.9. The van der Waals surface area contributed by atoms with E-state index in [0.717, 1.165) is 50.7 Å². The number of ether oxygens (including phenoxy) is 3. The van der Waals surface area contributed by atoms with Crippen molar-refractivity contribution in [2.24, 2.45) is 4.99 Å². The molecule has 148 valence electrons. The first-order valence-corrected chi connectivity index (χ1v) is 9.60. The molecule has 1 rings (SSSR count). The number of hydrogen-bond donors (Lipinski definition) is 2. The quantitative estimate of drug-likeness (QED) is 0.301. The van der Waals surface area contributed by atoms with E-state index in [1.54, 1.807) is 7.11 Å². The highest BCUT2D eigenvalue weighted by Gasteiger charge is 1.99. The van der Waals surface area contributed by atoms with Crippen molar-refractivity contribution >= 4 is 5.96 Å². The van der Waals surface area contributed by atoms with Gasteiger partial charge < -0.3 is 24.8 Å². The van der Waals surface area contributed by atoms with Crippen LogP contribution in [0.5, 0.6) is 5.75 Å². The summed E-state index contributed by atoms with van der Waals surface area (Å²) in [6.45, 7) is 9.21. The van der Waals surface area contributed by atoms with E-state index in [1.165, 1.54) is 5.56 Å².